The number of hydrogen-bond acceptors (Lipinski definition) is 3. The van der Waals surface area contributed by atoms with Crippen LogP contribution >= 0.6 is 22.9 Å². The maximum absolute atomic E-state index is 11.6. The molecular weight excluding hydrogens is 294 g/mol. The Morgan fingerprint density at radius 2 is 2.20 bits per heavy atom. The van der Waals surface area contributed by atoms with Crippen molar-refractivity contribution in [2.75, 3.05) is 0 Å². The lowest BCUT2D eigenvalue weighted by molar-refractivity contribution is -0.143. The summed E-state index contributed by atoms with van der Waals surface area (Å²) in [4.78, 5) is 15.0. The van der Waals surface area contributed by atoms with Crippen LogP contribution in [0.5, 0.6) is 0 Å². The van der Waals surface area contributed by atoms with Gasteiger partial charge in [-0.05, 0) is 44.2 Å². The highest BCUT2D eigenvalue weighted by atomic mass is 35.5. The van der Waals surface area contributed by atoms with Crippen molar-refractivity contribution < 1.29 is 9.90 Å². The van der Waals surface area contributed by atoms with Gasteiger partial charge in [0, 0.05) is 17.0 Å². The van der Waals surface area contributed by atoms with Crippen molar-refractivity contribution in [1.29, 1.82) is 0 Å². The molecule has 1 saturated carbocycles. The number of carbonyl (C=O) groups is 1. The lowest BCUT2D eigenvalue weighted by Crippen LogP contribution is -2.43. The second kappa shape index (κ2) is 5.66. The van der Waals surface area contributed by atoms with Crippen molar-refractivity contribution in [2.45, 2.75) is 57.2 Å². The van der Waals surface area contributed by atoms with Gasteiger partial charge in [-0.2, -0.15) is 0 Å². The van der Waals surface area contributed by atoms with Crippen LogP contribution in [0.15, 0.2) is 12.1 Å². The topological polar surface area (TPSA) is 40.5 Å². The predicted octanol–water partition coefficient (Wildman–Crippen LogP) is 4.18. The van der Waals surface area contributed by atoms with Gasteiger partial charge in [0.15, 0.2) is 0 Å². The van der Waals surface area contributed by atoms with E-state index in [-0.39, 0.29) is 12.1 Å². The summed E-state index contributed by atoms with van der Waals surface area (Å²) in [7, 11) is 0. The summed E-state index contributed by atoms with van der Waals surface area (Å²) in [5, 5.41) is 9.57. The SMILES string of the molecule is CC(c1ccc(Cl)s1)N1C(C(=O)O)CC2CCCCC21. The van der Waals surface area contributed by atoms with Gasteiger partial charge in [-0.25, -0.2) is 0 Å². The largest absolute Gasteiger partial charge is 0.480 e. The molecule has 4 atom stereocenters. The molecule has 2 fully saturated rings. The summed E-state index contributed by atoms with van der Waals surface area (Å²) < 4.78 is 0.776. The van der Waals surface area contributed by atoms with Crippen molar-refractivity contribution in [2.24, 2.45) is 5.92 Å². The van der Waals surface area contributed by atoms with Crippen molar-refractivity contribution in [1.82, 2.24) is 4.90 Å². The normalized spacial score (nSPS) is 32.0. The number of hydrogen-bond donors (Lipinski definition) is 1. The van der Waals surface area contributed by atoms with E-state index < -0.39 is 5.97 Å². The number of fused-ring (bicyclic) bond motifs is 1. The Labute approximate surface area is 128 Å². The molecule has 1 aromatic heterocycles. The molecule has 0 amide bonds. The van der Waals surface area contributed by atoms with E-state index >= 15 is 0 Å². The number of aliphatic carboxylic acids is 1. The predicted molar refractivity (Wildman–Crippen MR) is 81.4 cm³/mol. The van der Waals surface area contributed by atoms with Crippen LogP contribution in [0.4, 0.5) is 0 Å². The Morgan fingerprint density at radius 3 is 2.85 bits per heavy atom. The Hall–Kier alpha value is -0.580. The molecule has 1 aliphatic carbocycles. The molecule has 3 nitrogen and oxygen atoms in total. The van der Waals surface area contributed by atoms with Crippen molar-refractivity contribution in [3.8, 4) is 0 Å². The molecule has 1 aromatic rings. The molecule has 0 aromatic carbocycles. The summed E-state index contributed by atoms with van der Waals surface area (Å²) in [5.74, 6) is -0.114. The van der Waals surface area contributed by atoms with E-state index in [0.29, 0.717) is 12.0 Å². The Kier molecular flexibility index (Phi) is 4.07. The molecule has 1 saturated heterocycles. The van der Waals surface area contributed by atoms with Crippen LogP contribution in [-0.4, -0.2) is 28.1 Å². The van der Waals surface area contributed by atoms with Gasteiger partial charge in [-0.1, -0.05) is 24.4 Å². The average Bonchev–Trinajstić information content (AvgIpc) is 3.01. The van der Waals surface area contributed by atoms with Gasteiger partial charge >= 0.3 is 5.97 Å². The fourth-order valence-electron chi connectivity index (χ4n) is 3.98. The molecule has 3 rings (SSSR count). The lowest BCUT2D eigenvalue weighted by atomic mass is 9.84. The first kappa shape index (κ1) is 14.4. The smallest absolute Gasteiger partial charge is 0.320 e. The van der Waals surface area contributed by atoms with Gasteiger partial charge in [0.2, 0.25) is 0 Å². The molecule has 4 unspecified atom stereocenters. The molecular formula is C15H20ClNO2S. The summed E-state index contributed by atoms with van der Waals surface area (Å²) in [5.41, 5.74) is 0. The van der Waals surface area contributed by atoms with Crippen LogP contribution < -0.4 is 0 Å². The minimum Gasteiger partial charge on any atom is -0.480 e. The highest BCUT2D eigenvalue weighted by molar-refractivity contribution is 7.16. The molecule has 1 aliphatic heterocycles. The van der Waals surface area contributed by atoms with E-state index in [4.69, 9.17) is 11.6 Å². The second-order valence-electron chi connectivity index (χ2n) is 5.97. The average molecular weight is 314 g/mol. The molecule has 0 radical (unpaired) electrons. The van der Waals surface area contributed by atoms with Crippen LogP contribution in [0, 0.1) is 5.92 Å². The van der Waals surface area contributed by atoms with E-state index in [0.717, 1.165) is 17.2 Å². The highest BCUT2D eigenvalue weighted by Gasteiger charge is 2.47. The summed E-state index contributed by atoms with van der Waals surface area (Å²) >= 11 is 7.60. The first-order valence-electron chi connectivity index (χ1n) is 7.33. The number of carboxylic acids is 1. The minimum absolute atomic E-state index is 0.140. The molecule has 2 heterocycles. The number of carboxylic acid groups (broad SMARTS) is 1. The summed E-state index contributed by atoms with van der Waals surface area (Å²) in [6.07, 6.45) is 5.60. The number of halogens is 1. The van der Waals surface area contributed by atoms with E-state index in [2.05, 4.69) is 11.8 Å². The maximum Gasteiger partial charge on any atom is 0.320 e. The first-order chi connectivity index (χ1) is 9.58. The van der Waals surface area contributed by atoms with Crippen LogP contribution in [0.3, 0.4) is 0 Å². The van der Waals surface area contributed by atoms with Crippen LogP contribution in [0.25, 0.3) is 0 Å². The summed E-state index contributed by atoms with van der Waals surface area (Å²) in [6.45, 7) is 2.12. The van der Waals surface area contributed by atoms with Crippen LogP contribution in [0.2, 0.25) is 4.34 Å². The molecule has 1 N–H and O–H groups in total. The molecule has 5 heteroatoms. The van der Waals surface area contributed by atoms with E-state index in [1.165, 1.54) is 24.1 Å². The molecule has 2 aliphatic rings. The van der Waals surface area contributed by atoms with Crippen molar-refractivity contribution >= 4 is 28.9 Å². The Morgan fingerprint density at radius 1 is 1.45 bits per heavy atom. The lowest BCUT2D eigenvalue weighted by Gasteiger charge is -2.36. The van der Waals surface area contributed by atoms with Gasteiger partial charge in [0.05, 0.1) is 4.34 Å². The zero-order valence-electron chi connectivity index (χ0n) is 11.6. The quantitative estimate of drug-likeness (QED) is 0.910. The van der Waals surface area contributed by atoms with Crippen molar-refractivity contribution in [3.05, 3.63) is 21.3 Å². The number of likely N-dealkylation sites (tertiary alicyclic amines) is 1. The molecule has 20 heavy (non-hydrogen) atoms. The molecule has 110 valence electrons. The van der Waals surface area contributed by atoms with Gasteiger partial charge < -0.3 is 5.11 Å². The maximum atomic E-state index is 11.6. The summed E-state index contributed by atoms with van der Waals surface area (Å²) in [6, 6.07) is 4.18. The number of rotatable bonds is 3. The van der Waals surface area contributed by atoms with E-state index in [1.54, 1.807) is 11.3 Å². The van der Waals surface area contributed by atoms with Crippen molar-refractivity contribution in [3.63, 3.8) is 0 Å². The fraction of sp³-hybridized carbons (Fsp3) is 0.667. The second-order valence-corrected chi connectivity index (χ2v) is 7.71. The van der Waals surface area contributed by atoms with Crippen LogP contribution in [-0.2, 0) is 4.79 Å². The first-order valence-corrected chi connectivity index (χ1v) is 8.53. The third-order valence-corrected chi connectivity index (χ3v) is 6.28. The van der Waals surface area contributed by atoms with Crippen LogP contribution in [0.1, 0.15) is 49.9 Å². The third-order valence-electron chi connectivity index (χ3n) is 4.88. The zero-order chi connectivity index (χ0) is 14.3. The van der Waals surface area contributed by atoms with E-state index in [1.807, 2.05) is 12.1 Å². The fourth-order valence-corrected chi connectivity index (χ4v) is 5.10. The Balaban J connectivity index is 1.88. The van der Waals surface area contributed by atoms with Gasteiger partial charge in [0.1, 0.15) is 6.04 Å². The number of nitrogens with zero attached hydrogens (tertiary/aromatic N) is 1. The number of thiophene rings is 1. The van der Waals surface area contributed by atoms with Gasteiger partial charge in [0.25, 0.3) is 0 Å². The standard InChI is InChI=1S/C15H20ClNO2S/c1-9(13-6-7-14(16)20-13)17-11-5-3-2-4-10(11)8-12(17)15(18)19/h6-7,9-12H,2-5,8H2,1H3,(H,18,19). The van der Waals surface area contributed by atoms with E-state index in [9.17, 15) is 9.90 Å². The highest BCUT2D eigenvalue weighted by Crippen LogP contribution is 2.45. The monoisotopic (exact) mass is 313 g/mol. The van der Waals surface area contributed by atoms with Gasteiger partial charge in [-0.3, -0.25) is 9.69 Å². The third kappa shape index (κ3) is 2.49. The zero-order valence-corrected chi connectivity index (χ0v) is 13.2. The Bertz CT molecular complexity index is 504. The molecule has 0 spiro atoms. The van der Waals surface area contributed by atoms with Gasteiger partial charge in [-0.15, -0.1) is 11.3 Å². The minimum atomic E-state index is -0.672. The molecule has 0 bridgehead atoms.